The number of piperidine rings is 1. The maximum Gasteiger partial charge on any atom is 0.222 e. The van der Waals surface area contributed by atoms with Gasteiger partial charge in [0.1, 0.15) is 0 Å². The summed E-state index contributed by atoms with van der Waals surface area (Å²) in [6.07, 6.45) is 9.97. The molecular weight excluding hydrogens is 236 g/mol. The van der Waals surface area contributed by atoms with Crippen molar-refractivity contribution < 1.29 is 4.79 Å². The Balaban J connectivity index is 2.41. The second kappa shape index (κ2) is 9.35. The number of nitrogens with zero attached hydrogens (tertiary/aromatic N) is 1. The van der Waals surface area contributed by atoms with Crippen LogP contribution < -0.4 is 5.73 Å². The fourth-order valence-corrected chi connectivity index (χ4v) is 3.22. The molecule has 2 unspecified atom stereocenters. The summed E-state index contributed by atoms with van der Waals surface area (Å²) in [5.41, 5.74) is 5.62. The third-order valence-electron chi connectivity index (χ3n) is 4.49. The van der Waals surface area contributed by atoms with E-state index in [1.807, 2.05) is 0 Å². The summed E-state index contributed by atoms with van der Waals surface area (Å²) in [7, 11) is 0. The van der Waals surface area contributed by atoms with Crippen LogP contribution >= 0.6 is 0 Å². The van der Waals surface area contributed by atoms with E-state index in [1.54, 1.807) is 0 Å². The first-order valence-corrected chi connectivity index (χ1v) is 8.22. The predicted octanol–water partition coefficient (Wildman–Crippen LogP) is 3.32. The highest BCUT2D eigenvalue weighted by Gasteiger charge is 2.25. The molecule has 0 aromatic heterocycles. The molecule has 19 heavy (non-hydrogen) atoms. The van der Waals surface area contributed by atoms with E-state index in [2.05, 4.69) is 18.7 Å². The molecule has 2 atom stereocenters. The minimum atomic E-state index is 0.383. The van der Waals surface area contributed by atoms with Crippen LogP contribution in [0.1, 0.15) is 71.6 Å². The van der Waals surface area contributed by atoms with Gasteiger partial charge in [-0.05, 0) is 51.0 Å². The van der Waals surface area contributed by atoms with Crippen molar-refractivity contribution >= 4 is 5.91 Å². The zero-order valence-corrected chi connectivity index (χ0v) is 12.9. The van der Waals surface area contributed by atoms with Crippen LogP contribution in [0, 0.1) is 5.92 Å². The quantitative estimate of drug-likeness (QED) is 0.734. The van der Waals surface area contributed by atoms with Crippen LogP contribution in [-0.4, -0.2) is 29.9 Å². The molecule has 0 aromatic carbocycles. The van der Waals surface area contributed by atoms with Gasteiger partial charge in [0, 0.05) is 19.0 Å². The molecule has 112 valence electrons. The topological polar surface area (TPSA) is 46.3 Å². The van der Waals surface area contributed by atoms with Gasteiger partial charge in [0.2, 0.25) is 5.91 Å². The van der Waals surface area contributed by atoms with Crippen LogP contribution in [0.25, 0.3) is 0 Å². The molecule has 0 radical (unpaired) electrons. The summed E-state index contributed by atoms with van der Waals surface area (Å²) >= 11 is 0. The summed E-state index contributed by atoms with van der Waals surface area (Å²) in [6, 6.07) is 0.515. The Bertz CT molecular complexity index is 253. The summed E-state index contributed by atoms with van der Waals surface area (Å²) in [6.45, 7) is 6.14. The largest absolute Gasteiger partial charge is 0.340 e. The second-order valence-corrected chi connectivity index (χ2v) is 5.92. The lowest BCUT2D eigenvalue weighted by atomic mass is 9.94. The Hall–Kier alpha value is -0.570. The van der Waals surface area contributed by atoms with E-state index in [0.717, 1.165) is 38.8 Å². The zero-order chi connectivity index (χ0) is 14.1. The van der Waals surface area contributed by atoms with Crippen LogP contribution in [0.2, 0.25) is 0 Å². The Morgan fingerprint density at radius 1 is 1.32 bits per heavy atom. The molecule has 1 aliphatic heterocycles. The molecule has 0 saturated carbocycles. The number of amides is 1. The van der Waals surface area contributed by atoms with Crippen LogP contribution in [-0.2, 0) is 4.79 Å². The number of hydrogen-bond acceptors (Lipinski definition) is 2. The first kappa shape index (κ1) is 16.5. The van der Waals surface area contributed by atoms with Crippen LogP contribution in [0.15, 0.2) is 0 Å². The van der Waals surface area contributed by atoms with Gasteiger partial charge in [-0.2, -0.15) is 0 Å². The number of carbonyl (C=O) groups is 1. The molecule has 3 nitrogen and oxygen atoms in total. The molecule has 1 amide bonds. The maximum atomic E-state index is 12.4. The van der Waals surface area contributed by atoms with Crippen molar-refractivity contribution in [3.8, 4) is 0 Å². The fraction of sp³-hybridized carbons (Fsp3) is 0.938. The molecule has 1 saturated heterocycles. The molecule has 1 rings (SSSR count). The normalized spacial score (nSPS) is 21.4. The van der Waals surface area contributed by atoms with E-state index in [0.29, 0.717) is 17.9 Å². The molecule has 0 bridgehead atoms. The van der Waals surface area contributed by atoms with Crippen LogP contribution in [0.4, 0.5) is 0 Å². The summed E-state index contributed by atoms with van der Waals surface area (Å²) < 4.78 is 0. The second-order valence-electron chi connectivity index (χ2n) is 5.92. The van der Waals surface area contributed by atoms with Gasteiger partial charge in [-0.25, -0.2) is 0 Å². The first-order valence-electron chi connectivity index (χ1n) is 8.22. The van der Waals surface area contributed by atoms with Gasteiger partial charge < -0.3 is 10.6 Å². The van der Waals surface area contributed by atoms with Gasteiger partial charge in [-0.15, -0.1) is 0 Å². The fourth-order valence-electron chi connectivity index (χ4n) is 3.22. The number of carbonyl (C=O) groups excluding carboxylic acids is 1. The Labute approximate surface area is 118 Å². The summed E-state index contributed by atoms with van der Waals surface area (Å²) in [4.78, 5) is 14.6. The maximum absolute atomic E-state index is 12.4. The van der Waals surface area contributed by atoms with Crippen LogP contribution in [0.5, 0.6) is 0 Å². The van der Waals surface area contributed by atoms with E-state index in [9.17, 15) is 4.79 Å². The molecule has 1 fully saturated rings. The van der Waals surface area contributed by atoms with Gasteiger partial charge in [0.05, 0.1) is 0 Å². The van der Waals surface area contributed by atoms with Crippen molar-refractivity contribution in [2.45, 2.75) is 77.7 Å². The average molecular weight is 268 g/mol. The van der Waals surface area contributed by atoms with Gasteiger partial charge in [0.15, 0.2) is 0 Å². The van der Waals surface area contributed by atoms with Crippen molar-refractivity contribution in [3.05, 3.63) is 0 Å². The smallest absolute Gasteiger partial charge is 0.222 e. The Kier molecular flexibility index (Phi) is 8.11. The minimum absolute atomic E-state index is 0.383. The highest BCUT2D eigenvalue weighted by atomic mass is 16.2. The molecule has 3 heteroatoms. The van der Waals surface area contributed by atoms with Gasteiger partial charge >= 0.3 is 0 Å². The number of nitrogens with two attached hydrogens (primary N) is 1. The van der Waals surface area contributed by atoms with E-state index in [-0.39, 0.29) is 0 Å². The highest BCUT2D eigenvalue weighted by molar-refractivity contribution is 5.76. The van der Waals surface area contributed by atoms with Crippen molar-refractivity contribution in [3.63, 3.8) is 0 Å². The molecule has 1 heterocycles. The minimum Gasteiger partial charge on any atom is -0.340 e. The lowest BCUT2D eigenvalue weighted by molar-refractivity contribution is -0.135. The Morgan fingerprint density at radius 3 is 2.74 bits per heavy atom. The molecule has 0 aliphatic carbocycles. The lowest BCUT2D eigenvalue weighted by Crippen LogP contribution is -2.43. The summed E-state index contributed by atoms with van der Waals surface area (Å²) in [5.74, 6) is 1.01. The average Bonchev–Trinajstić information content (AvgIpc) is 2.44. The van der Waals surface area contributed by atoms with Gasteiger partial charge in [-0.3, -0.25) is 4.79 Å². The molecule has 2 N–H and O–H groups in total. The molecule has 0 spiro atoms. The lowest BCUT2D eigenvalue weighted by Gasteiger charge is -2.36. The van der Waals surface area contributed by atoms with Crippen LogP contribution in [0.3, 0.4) is 0 Å². The third kappa shape index (κ3) is 5.52. The highest BCUT2D eigenvalue weighted by Crippen LogP contribution is 2.23. The van der Waals surface area contributed by atoms with E-state index in [1.165, 1.54) is 32.1 Å². The molecule has 1 aliphatic rings. The number of rotatable bonds is 8. The molecular formula is C16H32N2O. The predicted molar refractivity (Wildman–Crippen MR) is 80.9 cm³/mol. The van der Waals surface area contributed by atoms with E-state index in [4.69, 9.17) is 5.73 Å². The number of hydrogen-bond donors (Lipinski definition) is 1. The Morgan fingerprint density at radius 2 is 2.11 bits per heavy atom. The molecule has 0 aromatic rings. The third-order valence-corrected chi connectivity index (χ3v) is 4.49. The van der Waals surface area contributed by atoms with E-state index >= 15 is 0 Å². The standard InChI is InChI=1S/C16H32N2O/c1-3-7-15-8-5-6-13-18(15)16(19)10-9-14(4-2)11-12-17/h14-15H,3-13,17H2,1-2H3. The summed E-state index contributed by atoms with van der Waals surface area (Å²) in [5, 5.41) is 0. The van der Waals surface area contributed by atoms with Crippen molar-refractivity contribution in [1.82, 2.24) is 4.90 Å². The van der Waals surface area contributed by atoms with E-state index < -0.39 is 0 Å². The first-order chi connectivity index (χ1) is 9.22. The number of likely N-dealkylation sites (tertiary alicyclic amines) is 1. The monoisotopic (exact) mass is 268 g/mol. The zero-order valence-electron chi connectivity index (χ0n) is 12.9. The van der Waals surface area contributed by atoms with Gasteiger partial charge in [-0.1, -0.05) is 26.7 Å². The van der Waals surface area contributed by atoms with Crippen molar-refractivity contribution in [2.75, 3.05) is 13.1 Å². The van der Waals surface area contributed by atoms with Crippen molar-refractivity contribution in [1.29, 1.82) is 0 Å². The van der Waals surface area contributed by atoms with Gasteiger partial charge in [0.25, 0.3) is 0 Å². The van der Waals surface area contributed by atoms with Crippen molar-refractivity contribution in [2.24, 2.45) is 11.7 Å². The SMILES string of the molecule is CCCC1CCCCN1C(=O)CCC(CC)CCN.